The maximum atomic E-state index is 5.94. The number of methoxy groups -OCH3 is 1. The van der Waals surface area contributed by atoms with Crippen LogP contribution in [0.25, 0.3) is 0 Å². The van der Waals surface area contributed by atoms with Gasteiger partial charge in [0.15, 0.2) is 0 Å². The minimum Gasteiger partial charge on any atom is -0.377 e. The lowest BCUT2D eigenvalue weighted by Crippen LogP contribution is -2.51. The van der Waals surface area contributed by atoms with Gasteiger partial charge in [-0.3, -0.25) is 0 Å². The van der Waals surface area contributed by atoms with Crippen LogP contribution < -0.4 is 5.32 Å². The van der Waals surface area contributed by atoms with E-state index in [0.717, 1.165) is 12.5 Å². The zero-order valence-corrected chi connectivity index (χ0v) is 12.2. The molecule has 0 aromatic heterocycles. The maximum Gasteiger partial charge on any atom is 0.0831 e. The fraction of sp³-hybridized carbons (Fsp3) is 1.00. The first kappa shape index (κ1) is 15.0. The molecule has 1 fully saturated rings. The second-order valence-corrected chi connectivity index (χ2v) is 5.73. The number of nitrogens with one attached hydrogen (secondary N) is 1. The minimum atomic E-state index is 0.124. The standard InChI is InChI=1S/C15H31NO/c1-5-11-16-14(12-13(3)6-2)15(17-4)9-7-8-10-15/h13-14,16H,5-12H2,1-4H3. The van der Waals surface area contributed by atoms with Gasteiger partial charge in [-0.15, -0.1) is 0 Å². The first-order valence-electron chi connectivity index (χ1n) is 7.47. The minimum absolute atomic E-state index is 0.124. The van der Waals surface area contributed by atoms with Crippen LogP contribution in [0.4, 0.5) is 0 Å². The highest BCUT2D eigenvalue weighted by atomic mass is 16.5. The normalized spacial score (nSPS) is 22.6. The van der Waals surface area contributed by atoms with Crippen LogP contribution in [0.3, 0.4) is 0 Å². The van der Waals surface area contributed by atoms with Gasteiger partial charge in [0, 0.05) is 13.2 Å². The Kier molecular flexibility index (Phi) is 6.50. The van der Waals surface area contributed by atoms with Crippen molar-refractivity contribution >= 4 is 0 Å². The van der Waals surface area contributed by atoms with Crippen molar-refractivity contribution in [1.82, 2.24) is 5.32 Å². The second kappa shape index (κ2) is 7.38. The van der Waals surface area contributed by atoms with Crippen LogP contribution in [-0.2, 0) is 4.74 Å². The average molecular weight is 241 g/mol. The van der Waals surface area contributed by atoms with Gasteiger partial charge in [-0.05, 0) is 38.1 Å². The molecule has 1 aliphatic carbocycles. The first-order chi connectivity index (χ1) is 8.18. The molecule has 1 saturated carbocycles. The molecule has 0 aliphatic heterocycles. The first-order valence-corrected chi connectivity index (χ1v) is 7.47. The molecule has 0 spiro atoms. The summed E-state index contributed by atoms with van der Waals surface area (Å²) in [5.74, 6) is 0.789. The van der Waals surface area contributed by atoms with Crippen LogP contribution in [-0.4, -0.2) is 25.3 Å². The number of hydrogen-bond donors (Lipinski definition) is 1. The highest BCUT2D eigenvalue weighted by Gasteiger charge is 2.41. The number of rotatable bonds is 8. The molecular weight excluding hydrogens is 210 g/mol. The van der Waals surface area contributed by atoms with Crippen LogP contribution in [0.15, 0.2) is 0 Å². The van der Waals surface area contributed by atoms with E-state index in [1.807, 2.05) is 7.11 Å². The van der Waals surface area contributed by atoms with Crippen molar-refractivity contribution < 1.29 is 4.74 Å². The molecule has 17 heavy (non-hydrogen) atoms. The molecule has 0 heterocycles. The molecule has 2 nitrogen and oxygen atoms in total. The zero-order valence-electron chi connectivity index (χ0n) is 12.2. The van der Waals surface area contributed by atoms with Gasteiger partial charge in [0.1, 0.15) is 0 Å². The lowest BCUT2D eigenvalue weighted by molar-refractivity contribution is -0.0412. The lowest BCUT2D eigenvalue weighted by atomic mass is 9.85. The molecule has 2 unspecified atom stereocenters. The Bertz CT molecular complexity index is 199. The van der Waals surface area contributed by atoms with E-state index in [0.29, 0.717) is 6.04 Å². The summed E-state index contributed by atoms with van der Waals surface area (Å²) in [5, 5.41) is 3.74. The van der Waals surface area contributed by atoms with E-state index >= 15 is 0 Å². The molecule has 1 rings (SSSR count). The molecule has 0 aromatic carbocycles. The van der Waals surface area contributed by atoms with Crippen LogP contribution in [0.1, 0.15) is 65.7 Å². The highest BCUT2D eigenvalue weighted by Crippen LogP contribution is 2.38. The lowest BCUT2D eigenvalue weighted by Gasteiger charge is -2.38. The van der Waals surface area contributed by atoms with Crippen LogP contribution in [0, 0.1) is 5.92 Å². The molecule has 2 atom stereocenters. The Morgan fingerprint density at radius 2 is 1.88 bits per heavy atom. The van der Waals surface area contributed by atoms with Gasteiger partial charge >= 0.3 is 0 Å². The number of hydrogen-bond acceptors (Lipinski definition) is 2. The summed E-state index contributed by atoms with van der Waals surface area (Å²) in [4.78, 5) is 0. The Balaban J connectivity index is 2.65. The van der Waals surface area contributed by atoms with Crippen LogP contribution >= 0.6 is 0 Å². The van der Waals surface area contributed by atoms with Crippen molar-refractivity contribution in [3.8, 4) is 0 Å². The third-order valence-corrected chi connectivity index (χ3v) is 4.47. The van der Waals surface area contributed by atoms with E-state index in [4.69, 9.17) is 4.74 Å². The van der Waals surface area contributed by atoms with Gasteiger partial charge in [-0.2, -0.15) is 0 Å². The predicted octanol–water partition coefficient (Wildman–Crippen LogP) is 3.75. The monoisotopic (exact) mass is 241 g/mol. The van der Waals surface area contributed by atoms with E-state index in [1.54, 1.807) is 0 Å². The molecule has 1 aliphatic rings. The Hall–Kier alpha value is -0.0800. The summed E-state index contributed by atoms with van der Waals surface area (Å²) < 4.78 is 5.94. The zero-order chi connectivity index (χ0) is 12.7. The molecule has 0 saturated heterocycles. The SMILES string of the molecule is CCCNC(CC(C)CC)C1(OC)CCCC1. The van der Waals surface area contributed by atoms with E-state index in [-0.39, 0.29) is 5.60 Å². The molecule has 1 N–H and O–H groups in total. The Labute approximate surface area is 108 Å². The summed E-state index contributed by atoms with van der Waals surface area (Å²) in [6.45, 7) is 8.00. The second-order valence-electron chi connectivity index (χ2n) is 5.73. The van der Waals surface area contributed by atoms with Gasteiger partial charge in [-0.25, -0.2) is 0 Å². The van der Waals surface area contributed by atoms with Crippen molar-refractivity contribution in [2.75, 3.05) is 13.7 Å². The van der Waals surface area contributed by atoms with Gasteiger partial charge < -0.3 is 10.1 Å². The largest absolute Gasteiger partial charge is 0.377 e. The summed E-state index contributed by atoms with van der Waals surface area (Å²) >= 11 is 0. The Morgan fingerprint density at radius 3 is 2.35 bits per heavy atom. The molecule has 102 valence electrons. The van der Waals surface area contributed by atoms with Crippen molar-refractivity contribution in [2.45, 2.75) is 77.4 Å². The fourth-order valence-electron chi connectivity index (χ4n) is 3.04. The maximum absolute atomic E-state index is 5.94. The van der Waals surface area contributed by atoms with Crippen LogP contribution in [0.2, 0.25) is 0 Å². The molecule has 0 radical (unpaired) electrons. The van der Waals surface area contributed by atoms with E-state index < -0.39 is 0 Å². The summed E-state index contributed by atoms with van der Waals surface area (Å²) in [7, 11) is 1.91. The molecule has 0 aromatic rings. The Morgan fingerprint density at radius 1 is 1.24 bits per heavy atom. The number of ether oxygens (including phenoxy) is 1. The van der Waals surface area contributed by atoms with Crippen molar-refractivity contribution in [1.29, 1.82) is 0 Å². The molecule has 2 heteroatoms. The quantitative estimate of drug-likeness (QED) is 0.699. The smallest absolute Gasteiger partial charge is 0.0831 e. The topological polar surface area (TPSA) is 21.3 Å². The fourth-order valence-corrected chi connectivity index (χ4v) is 3.04. The van der Waals surface area contributed by atoms with Crippen LogP contribution in [0.5, 0.6) is 0 Å². The predicted molar refractivity (Wildman–Crippen MR) is 74.4 cm³/mol. The van der Waals surface area contributed by atoms with E-state index in [1.165, 1.54) is 44.9 Å². The van der Waals surface area contributed by atoms with Gasteiger partial charge in [0.2, 0.25) is 0 Å². The third-order valence-electron chi connectivity index (χ3n) is 4.47. The van der Waals surface area contributed by atoms with Crippen molar-refractivity contribution in [3.05, 3.63) is 0 Å². The van der Waals surface area contributed by atoms with Crippen molar-refractivity contribution in [2.24, 2.45) is 5.92 Å². The molecule has 0 bridgehead atoms. The van der Waals surface area contributed by atoms with E-state index in [2.05, 4.69) is 26.1 Å². The molecular formula is C15H31NO. The molecule has 0 amide bonds. The summed E-state index contributed by atoms with van der Waals surface area (Å²) in [6, 6.07) is 0.546. The third kappa shape index (κ3) is 3.96. The van der Waals surface area contributed by atoms with Gasteiger partial charge in [0.05, 0.1) is 5.60 Å². The van der Waals surface area contributed by atoms with E-state index in [9.17, 15) is 0 Å². The van der Waals surface area contributed by atoms with Gasteiger partial charge in [-0.1, -0.05) is 40.0 Å². The summed E-state index contributed by atoms with van der Waals surface area (Å²) in [5.41, 5.74) is 0.124. The van der Waals surface area contributed by atoms with Gasteiger partial charge in [0.25, 0.3) is 0 Å². The average Bonchev–Trinajstić information content (AvgIpc) is 2.83. The van der Waals surface area contributed by atoms with Crippen molar-refractivity contribution in [3.63, 3.8) is 0 Å². The highest BCUT2D eigenvalue weighted by molar-refractivity contribution is 4.97. The summed E-state index contributed by atoms with van der Waals surface area (Å²) in [6.07, 6.45) is 8.87.